The van der Waals surface area contributed by atoms with E-state index >= 15 is 0 Å². The fourth-order valence-electron chi connectivity index (χ4n) is 2.61. The molecule has 0 N–H and O–H groups in total. The fraction of sp³-hybridized carbons (Fsp3) is 0.111. The monoisotopic (exact) mass is 500 g/mol. The Balaban J connectivity index is 2.16. The molecular formula is C18H11F2IN2O3S. The summed E-state index contributed by atoms with van der Waals surface area (Å²) >= 11 is 2.06. The molecule has 0 radical (unpaired) electrons. The van der Waals surface area contributed by atoms with Gasteiger partial charge in [0.25, 0.3) is 0 Å². The van der Waals surface area contributed by atoms with Gasteiger partial charge < -0.3 is 9.47 Å². The van der Waals surface area contributed by atoms with Gasteiger partial charge in [-0.15, -0.1) is 0 Å². The molecule has 138 valence electrons. The van der Waals surface area contributed by atoms with E-state index in [2.05, 4.69) is 21.2 Å². The van der Waals surface area contributed by atoms with Gasteiger partial charge in [0.05, 0.1) is 24.6 Å². The minimum Gasteiger partial charge on any atom is -0.469 e. The average Bonchev–Trinajstić information content (AvgIpc) is 3.08. The SMILES string of the molecule is COC(=O)Cc1c(Oc2ccc(F)c(C#N)c2)c(F)cc2c1ccn2SI. The van der Waals surface area contributed by atoms with E-state index in [4.69, 9.17) is 14.7 Å². The zero-order valence-electron chi connectivity index (χ0n) is 13.8. The molecule has 1 heterocycles. The first-order valence-electron chi connectivity index (χ1n) is 7.54. The summed E-state index contributed by atoms with van der Waals surface area (Å²) in [6.45, 7) is 0. The number of rotatable bonds is 5. The number of nitriles is 1. The normalized spacial score (nSPS) is 10.6. The van der Waals surface area contributed by atoms with Crippen LogP contribution in [0.5, 0.6) is 11.5 Å². The number of hydrogen-bond donors (Lipinski definition) is 0. The minimum atomic E-state index is -0.702. The molecule has 0 saturated heterocycles. The summed E-state index contributed by atoms with van der Waals surface area (Å²) < 4.78 is 40.4. The Kier molecular flexibility index (Phi) is 5.86. The largest absolute Gasteiger partial charge is 0.469 e. The first kappa shape index (κ1) is 19.4. The second-order valence-electron chi connectivity index (χ2n) is 5.42. The third kappa shape index (κ3) is 3.86. The molecule has 1 aromatic heterocycles. The topological polar surface area (TPSA) is 64.2 Å². The maximum absolute atomic E-state index is 14.8. The molecule has 9 heteroatoms. The number of carbonyl (C=O) groups excluding carboxylic acids is 1. The number of esters is 1. The zero-order valence-corrected chi connectivity index (χ0v) is 16.8. The van der Waals surface area contributed by atoms with E-state index in [1.807, 2.05) is 0 Å². The van der Waals surface area contributed by atoms with Crippen LogP contribution in [-0.2, 0) is 16.0 Å². The smallest absolute Gasteiger partial charge is 0.310 e. The molecule has 0 fully saturated rings. The molecule has 5 nitrogen and oxygen atoms in total. The highest BCUT2D eigenvalue weighted by Gasteiger charge is 2.21. The number of ether oxygens (including phenoxy) is 2. The fourth-order valence-corrected chi connectivity index (χ4v) is 3.97. The lowest BCUT2D eigenvalue weighted by Gasteiger charge is -2.14. The van der Waals surface area contributed by atoms with Gasteiger partial charge in [-0.3, -0.25) is 8.77 Å². The third-order valence-electron chi connectivity index (χ3n) is 3.87. The molecule has 0 aliphatic rings. The highest BCUT2D eigenvalue weighted by molar-refractivity contribution is 14.2. The van der Waals surface area contributed by atoms with E-state index in [1.54, 1.807) is 22.3 Å². The third-order valence-corrected chi connectivity index (χ3v) is 5.61. The molecule has 0 amide bonds. The minimum absolute atomic E-state index is 0.0833. The van der Waals surface area contributed by atoms with Gasteiger partial charge in [0, 0.05) is 59.6 Å². The lowest BCUT2D eigenvalue weighted by atomic mass is 10.1. The molecule has 2 aromatic carbocycles. The number of nitrogens with zero attached hydrogens (tertiary/aromatic N) is 2. The molecule has 0 saturated carbocycles. The molecular weight excluding hydrogens is 489 g/mol. The molecule has 0 aliphatic carbocycles. The van der Waals surface area contributed by atoms with E-state index in [0.717, 1.165) is 6.07 Å². The summed E-state index contributed by atoms with van der Waals surface area (Å²) in [5.41, 5.74) is 0.662. The second-order valence-corrected chi connectivity index (χ2v) is 7.13. The van der Waals surface area contributed by atoms with Crippen molar-refractivity contribution in [3.63, 3.8) is 0 Å². The summed E-state index contributed by atoms with van der Waals surface area (Å²) in [5, 5.41) is 9.58. The molecule has 0 aliphatic heterocycles. The highest BCUT2D eigenvalue weighted by Crippen LogP contribution is 2.37. The van der Waals surface area contributed by atoms with E-state index in [1.165, 1.54) is 34.4 Å². The predicted molar refractivity (Wildman–Crippen MR) is 106 cm³/mol. The molecule has 0 atom stereocenters. The Morgan fingerprint density at radius 2 is 2.07 bits per heavy atom. The first-order valence-corrected chi connectivity index (χ1v) is 10.9. The molecule has 0 bridgehead atoms. The van der Waals surface area contributed by atoms with Gasteiger partial charge in [0.1, 0.15) is 17.6 Å². The highest BCUT2D eigenvalue weighted by atomic mass is 127. The van der Waals surface area contributed by atoms with Crippen molar-refractivity contribution in [3.05, 3.63) is 59.3 Å². The summed E-state index contributed by atoms with van der Waals surface area (Å²) in [7, 11) is 2.59. The van der Waals surface area contributed by atoms with Crippen LogP contribution in [0.2, 0.25) is 0 Å². The van der Waals surface area contributed by atoms with Crippen LogP contribution in [0.15, 0.2) is 36.5 Å². The lowest BCUT2D eigenvalue weighted by molar-refractivity contribution is -0.139. The maximum Gasteiger partial charge on any atom is 0.310 e. The maximum atomic E-state index is 14.8. The van der Waals surface area contributed by atoms with Crippen LogP contribution in [-0.4, -0.2) is 17.1 Å². The predicted octanol–water partition coefficient (Wildman–Crippen LogP) is 5.15. The van der Waals surface area contributed by atoms with Crippen molar-refractivity contribution in [2.24, 2.45) is 0 Å². The number of benzene rings is 2. The Morgan fingerprint density at radius 3 is 2.74 bits per heavy atom. The number of halogens is 3. The number of fused-ring (bicyclic) bond motifs is 1. The van der Waals surface area contributed by atoms with Gasteiger partial charge in [0.2, 0.25) is 0 Å². The van der Waals surface area contributed by atoms with E-state index in [-0.39, 0.29) is 23.5 Å². The van der Waals surface area contributed by atoms with Gasteiger partial charge >= 0.3 is 5.97 Å². The zero-order chi connectivity index (χ0) is 19.6. The van der Waals surface area contributed by atoms with Crippen LogP contribution < -0.4 is 4.74 Å². The number of methoxy groups -OCH3 is 1. The van der Waals surface area contributed by atoms with Gasteiger partial charge in [-0.2, -0.15) is 5.26 Å². The molecule has 3 rings (SSSR count). The van der Waals surface area contributed by atoms with Crippen LogP contribution in [0.1, 0.15) is 11.1 Å². The Labute approximate surface area is 169 Å². The molecule has 0 spiro atoms. The van der Waals surface area contributed by atoms with E-state index in [9.17, 15) is 13.6 Å². The second kappa shape index (κ2) is 8.14. The molecule has 27 heavy (non-hydrogen) atoms. The van der Waals surface area contributed by atoms with Crippen molar-refractivity contribution in [2.75, 3.05) is 7.11 Å². The van der Waals surface area contributed by atoms with Gasteiger partial charge in [-0.05, 0) is 18.2 Å². The average molecular weight is 500 g/mol. The van der Waals surface area contributed by atoms with Crippen molar-refractivity contribution in [1.29, 1.82) is 5.26 Å². The number of carbonyl (C=O) groups is 1. The van der Waals surface area contributed by atoms with Crippen LogP contribution >= 0.6 is 30.3 Å². The van der Waals surface area contributed by atoms with Crippen molar-refractivity contribution in [2.45, 2.75) is 6.42 Å². The summed E-state index contributed by atoms with van der Waals surface area (Å²) in [5.74, 6) is -2.03. The Bertz CT molecular complexity index is 1080. The van der Waals surface area contributed by atoms with E-state index < -0.39 is 17.6 Å². The van der Waals surface area contributed by atoms with Crippen molar-refractivity contribution < 1.29 is 23.0 Å². The number of hydrogen-bond acceptors (Lipinski definition) is 5. The van der Waals surface area contributed by atoms with Gasteiger partial charge in [0.15, 0.2) is 11.6 Å². The Hall–Kier alpha value is -2.32. The lowest BCUT2D eigenvalue weighted by Crippen LogP contribution is -2.07. The van der Waals surface area contributed by atoms with Gasteiger partial charge in [-0.25, -0.2) is 8.78 Å². The van der Waals surface area contributed by atoms with Crippen molar-refractivity contribution in [3.8, 4) is 17.6 Å². The van der Waals surface area contributed by atoms with Crippen LogP contribution in [0, 0.1) is 23.0 Å². The van der Waals surface area contributed by atoms with Crippen LogP contribution in [0.4, 0.5) is 8.78 Å². The summed E-state index contributed by atoms with van der Waals surface area (Å²) in [6, 6.07) is 8.27. The van der Waals surface area contributed by atoms with Crippen molar-refractivity contribution >= 4 is 47.2 Å². The molecule has 0 unspecified atom stereocenters. The standard InChI is InChI=1S/C18H11F2IN2O3S/c1-25-17(24)7-13-12-4-5-23(27-21)16(12)8-15(20)18(13)26-11-2-3-14(19)10(6-11)9-22/h2-6,8H,7H2,1H3. The van der Waals surface area contributed by atoms with Gasteiger partial charge in [-0.1, -0.05) is 0 Å². The van der Waals surface area contributed by atoms with Crippen LogP contribution in [0.25, 0.3) is 10.9 Å². The summed E-state index contributed by atoms with van der Waals surface area (Å²) in [6.07, 6.45) is 1.54. The first-order chi connectivity index (χ1) is 13.0. The quantitative estimate of drug-likeness (QED) is 0.359. The molecule has 3 aromatic rings. The van der Waals surface area contributed by atoms with E-state index in [0.29, 0.717) is 16.5 Å². The number of aromatic nitrogens is 1. The van der Waals surface area contributed by atoms with Crippen molar-refractivity contribution in [1.82, 2.24) is 3.97 Å². The van der Waals surface area contributed by atoms with Crippen LogP contribution in [0.3, 0.4) is 0 Å². The Morgan fingerprint density at radius 1 is 1.30 bits per heavy atom. The summed E-state index contributed by atoms with van der Waals surface area (Å²) in [4.78, 5) is 11.9.